The zero-order valence-corrected chi connectivity index (χ0v) is 10.8. The number of hydrogen-bond acceptors (Lipinski definition) is 2. The Morgan fingerprint density at radius 2 is 1.82 bits per heavy atom. The predicted molar refractivity (Wildman–Crippen MR) is 69.8 cm³/mol. The molecule has 94 valence electrons. The Kier molecular flexibility index (Phi) is 6.56. The molecule has 0 spiro atoms. The lowest BCUT2D eigenvalue weighted by Crippen LogP contribution is -2.13. The minimum atomic E-state index is 0.217. The Labute approximate surface area is 104 Å². The summed E-state index contributed by atoms with van der Waals surface area (Å²) < 4.78 is 5.42. The molecule has 0 saturated carbocycles. The summed E-state index contributed by atoms with van der Waals surface area (Å²) in [6, 6.07) is 9.94. The number of Topliss-reactive ketones (excluding diaryl/α,β-unsaturated/α-hetero) is 1. The highest BCUT2D eigenvalue weighted by molar-refractivity contribution is 5.79. The summed E-state index contributed by atoms with van der Waals surface area (Å²) in [5.74, 6) is 0.734. The topological polar surface area (TPSA) is 26.3 Å². The van der Waals surface area contributed by atoms with Gasteiger partial charge in [-0.15, -0.1) is 0 Å². The zero-order chi connectivity index (χ0) is 12.5. The summed E-state index contributed by atoms with van der Waals surface area (Å²) in [4.78, 5) is 11.6. The van der Waals surface area contributed by atoms with Gasteiger partial charge in [0.2, 0.25) is 0 Å². The number of ketones is 1. The molecular formula is C15H22O2. The van der Waals surface area contributed by atoms with Gasteiger partial charge in [-0.05, 0) is 11.5 Å². The van der Waals surface area contributed by atoms with E-state index in [4.69, 9.17) is 4.74 Å². The van der Waals surface area contributed by atoms with Gasteiger partial charge < -0.3 is 4.74 Å². The van der Waals surface area contributed by atoms with Crippen LogP contribution in [0.3, 0.4) is 0 Å². The average molecular weight is 234 g/mol. The number of carbonyl (C=O) groups excluding carboxylic acids is 1. The van der Waals surface area contributed by atoms with Gasteiger partial charge >= 0.3 is 0 Å². The Hall–Kier alpha value is -1.15. The lowest BCUT2D eigenvalue weighted by Gasteiger charge is -2.11. The molecule has 2 nitrogen and oxygen atoms in total. The van der Waals surface area contributed by atoms with Gasteiger partial charge in [0.25, 0.3) is 0 Å². The van der Waals surface area contributed by atoms with Gasteiger partial charge in [0.05, 0.1) is 6.61 Å². The maximum atomic E-state index is 11.6. The Balaban J connectivity index is 2.20. The van der Waals surface area contributed by atoms with E-state index in [9.17, 15) is 4.79 Å². The van der Waals surface area contributed by atoms with E-state index in [0.717, 1.165) is 18.4 Å². The summed E-state index contributed by atoms with van der Waals surface area (Å²) in [5, 5.41) is 0. The van der Waals surface area contributed by atoms with Crippen molar-refractivity contribution in [2.45, 2.75) is 39.7 Å². The lowest BCUT2D eigenvalue weighted by atomic mass is 9.97. The first-order valence-electron chi connectivity index (χ1n) is 6.39. The van der Waals surface area contributed by atoms with Gasteiger partial charge in [-0.3, -0.25) is 4.79 Å². The molecule has 0 atom stereocenters. The molecule has 0 aliphatic carbocycles. The van der Waals surface area contributed by atoms with Crippen molar-refractivity contribution in [2.24, 2.45) is 5.92 Å². The van der Waals surface area contributed by atoms with Crippen LogP contribution in [-0.2, 0) is 16.1 Å². The fraction of sp³-hybridized carbons (Fsp3) is 0.533. The van der Waals surface area contributed by atoms with Crippen molar-refractivity contribution in [1.82, 2.24) is 0 Å². The second-order valence-electron chi connectivity index (χ2n) is 4.40. The normalized spacial score (nSPS) is 10.8. The fourth-order valence-electron chi connectivity index (χ4n) is 1.82. The largest absolute Gasteiger partial charge is 0.369 e. The Morgan fingerprint density at radius 3 is 2.41 bits per heavy atom. The first-order valence-corrected chi connectivity index (χ1v) is 6.39. The Bertz CT molecular complexity index is 315. The molecular weight excluding hydrogens is 212 g/mol. The molecule has 0 N–H and O–H groups in total. The number of hydrogen-bond donors (Lipinski definition) is 0. The molecule has 0 aliphatic heterocycles. The molecule has 0 bridgehead atoms. The Morgan fingerprint density at radius 1 is 1.18 bits per heavy atom. The molecule has 0 unspecified atom stereocenters. The summed E-state index contributed by atoms with van der Waals surface area (Å²) in [6.07, 6.45) is 2.80. The van der Waals surface area contributed by atoms with Crippen LogP contribution >= 0.6 is 0 Å². The van der Waals surface area contributed by atoms with E-state index in [2.05, 4.69) is 13.8 Å². The average Bonchev–Trinajstić information content (AvgIpc) is 2.37. The van der Waals surface area contributed by atoms with E-state index in [1.807, 2.05) is 30.3 Å². The van der Waals surface area contributed by atoms with Crippen molar-refractivity contribution in [1.29, 1.82) is 0 Å². The molecule has 0 fully saturated rings. The van der Waals surface area contributed by atoms with Crippen molar-refractivity contribution in [2.75, 3.05) is 6.61 Å². The molecule has 0 aliphatic rings. The van der Waals surface area contributed by atoms with Crippen molar-refractivity contribution >= 4 is 5.78 Å². The van der Waals surface area contributed by atoms with Crippen LogP contribution in [-0.4, -0.2) is 12.4 Å². The lowest BCUT2D eigenvalue weighted by molar-refractivity contribution is -0.125. The van der Waals surface area contributed by atoms with Gasteiger partial charge in [0.1, 0.15) is 6.61 Å². The second kappa shape index (κ2) is 8.02. The minimum Gasteiger partial charge on any atom is -0.369 e. The van der Waals surface area contributed by atoms with Crippen molar-refractivity contribution < 1.29 is 9.53 Å². The smallest absolute Gasteiger partial charge is 0.158 e. The van der Waals surface area contributed by atoms with Gasteiger partial charge in [0.15, 0.2) is 5.78 Å². The van der Waals surface area contributed by atoms with E-state index >= 15 is 0 Å². The van der Waals surface area contributed by atoms with Crippen LogP contribution in [0.5, 0.6) is 0 Å². The van der Waals surface area contributed by atoms with Crippen LogP contribution in [0.25, 0.3) is 0 Å². The third kappa shape index (κ3) is 5.64. The van der Waals surface area contributed by atoms with Crippen molar-refractivity contribution in [3.8, 4) is 0 Å². The zero-order valence-electron chi connectivity index (χ0n) is 10.8. The number of rotatable bonds is 8. The van der Waals surface area contributed by atoms with Gasteiger partial charge in [-0.25, -0.2) is 0 Å². The van der Waals surface area contributed by atoms with Crippen LogP contribution in [0.15, 0.2) is 30.3 Å². The molecule has 0 amide bonds. The van der Waals surface area contributed by atoms with Gasteiger partial charge in [-0.2, -0.15) is 0 Å². The minimum absolute atomic E-state index is 0.217. The second-order valence-corrected chi connectivity index (χ2v) is 4.40. The summed E-state index contributed by atoms with van der Waals surface area (Å²) >= 11 is 0. The van der Waals surface area contributed by atoms with E-state index < -0.39 is 0 Å². The van der Waals surface area contributed by atoms with Crippen LogP contribution in [0.1, 0.15) is 38.7 Å². The first-order chi connectivity index (χ1) is 8.26. The third-order valence-corrected chi connectivity index (χ3v) is 3.05. The van der Waals surface area contributed by atoms with E-state index in [1.165, 1.54) is 0 Å². The number of benzene rings is 1. The fourth-order valence-corrected chi connectivity index (χ4v) is 1.82. The summed E-state index contributed by atoms with van der Waals surface area (Å²) in [6.45, 7) is 5.03. The molecule has 0 saturated heterocycles. The quantitative estimate of drug-likeness (QED) is 0.687. The van der Waals surface area contributed by atoms with E-state index in [1.54, 1.807) is 0 Å². The van der Waals surface area contributed by atoms with Crippen molar-refractivity contribution in [3.05, 3.63) is 35.9 Å². The first kappa shape index (κ1) is 13.9. The molecule has 1 rings (SSSR count). The van der Waals surface area contributed by atoms with E-state index in [0.29, 0.717) is 18.9 Å². The molecule has 0 heterocycles. The highest BCUT2D eigenvalue weighted by atomic mass is 16.5. The maximum Gasteiger partial charge on any atom is 0.158 e. The number of carbonyl (C=O) groups is 1. The van der Waals surface area contributed by atoms with Gasteiger partial charge in [0, 0.05) is 6.42 Å². The van der Waals surface area contributed by atoms with Gasteiger partial charge in [-0.1, -0.05) is 57.0 Å². The number of ether oxygens (including phenoxy) is 1. The third-order valence-electron chi connectivity index (χ3n) is 3.05. The maximum absolute atomic E-state index is 11.6. The molecule has 1 aromatic carbocycles. The van der Waals surface area contributed by atoms with Crippen LogP contribution in [0.4, 0.5) is 0 Å². The molecule has 0 aromatic heterocycles. The van der Waals surface area contributed by atoms with Crippen LogP contribution < -0.4 is 0 Å². The highest BCUT2D eigenvalue weighted by Crippen LogP contribution is 2.12. The molecule has 17 heavy (non-hydrogen) atoms. The van der Waals surface area contributed by atoms with Crippen molar-refractivity contribution in [3.63, 3.8) is 0 Å². The monoisotopic (exact) mass is 234 g/mol. The highest BCUT2D eigenvalue weighted by Gasteiger charge is 2.10. The van der Waals surface area contributed by atoms with Crippen LogP contribution in [0, 0.1) is 5.92 Å². The predicted octanol–water partition coefficient (Wildman–Crippen LogP) is 3.60. The summed E-state index contributed by atoms with van der Waals surface area (Å²) in [5.41, 5.74) is 1.11. The van der Waals surface area contributed by atoms with Crippen LogP contribution in [0.2, 0.25) is 0 Å². The standard InChI is InChI=1S/C15H22O2/c1-3-13(4-2)10-15(16)12-17-11-14-8-6-5-7-9-14/h5-9,13H,3-4,10-12H2,1-2H3. The summed E-state index contributed by atoms with van der Waals surface area (Å²) in [7, 11) is 0. The molecule has 2 heteroatoms. The molecule has 0 radical (unpaired) electrons. The molecule has 1 aromatic rings. The van der Waals surface area contributed by atoms with E-state index in [-0.39, 0.29) is 12.4 Å². The SMILES string of the molecule is CCC(CC)CC(=O)COCc1ccccc1.